The smallest absolute Gasteiger partial charge is 0.180 e. The first-order valence-corrected chi connectivity index (χ1v) is 10.2. The number of anilines is 1. The van der Waals surface area contributed by atoms with E-state index in [4.69, 9.17) is 4.98 Å². The Morgan fingerprint density at radius 3 is 2.77 bits per heavy atom. The van der Waals surface area contributed by atoms with Crippen LogP contribution in [0.4, 0.5) is 5.69 Å². The molecule has 1 aliphatic rings. The van der Waals surface area contributed by atoms with Crippen LogP contribution in [0.3, 0.4) is 0 Å². The lowest BCUT2D eigenvalue weighted by atomic mass is 10.1. The molecule has 0 radical (unpaired) electrons. The van der Waals surface area contributed by atoms with E-state index < -0.39 is 0 Å². The van der Waals surface area contributed by atoms with E-state index in [9.17, 15) is 0 Å². The van der Waals surface area contributed by atoms with E-state index >= 15 is 0 Å². The highest BCUT2D eigenvalue weighted by atomic mass is 15.2. The van der Waals surface area contributed by atoms with Crippen molar-refractivity contribution in [3.05, 3.63) is 49.1 Å². The van der Waals surface area contributed by atoms with Gasteiger partial charge in [0.1, 0.15) is 11.2 Å². The molecule has 0 amide bonds. The maximum Gasteiger partial charge on any atom is 0.180 e. The van der Waals surface area contributed by atoms with E-state index in [2.05, 4.69) is 41.1 Å². The van der Waals surface area contributed by atoms with Crippen molar-refractivity contribution in [1.29, 1.82) is 0 Å². The fraction of sp³-hybridized carbons (Fsp3) is 0.227. The molecular weight excluding hydrogens is 376 g/mol. The fourth-order valence-electron chi connectivity index (χ4n) is 4.18. The highest BCUT2D eigenvalue weighted by Gasteiger charge is 2.19. The summed E-state index contributed by atoms with van der Waals surface area (Å²) in [4.78, 5) is 23.9. The topological polar surface area (TPSA) is 99.3 Å². The van der Waals surface area contributed by atoms with Gasteiger partial charge in [0.2, 0.25) is 0 Å². The third kappa shape index (κ3) is 2.80. The zero-order valence-electron chi connectivity index (χ0n) is 16.3. The maximum absolute atomic E-state index is 4.75. The van der Waals surface area contributed by atoms with Gasteiger partial charge < -0.3 is 9.88 Å². The van der Waals surface area contributed by atoms with Crippen molar-refractivity contribution in [2.45, 2.75) is 19.3 Å². The van der Waals surface area contributed by atoms with E-state index in [-0.39, 0.29) is 0 Å². The monoisotopic (exact) mass is 396 g/mol. The van der Waals surface area contributed by atoms with Crippen molar-refractivity contribution in [2.24, 2.45) is 0 Å². The number of pyridine rings is 3. The van der Waals surface area contributed by atoms with Crippen molar-refractivity contribution in [2.75, 3.05) is 18.0 Å². The largest absolute Gasteiger partial charge is 0.370 e. The Morgan fingerprint density at radius 1 is 0.967 bits per heavy atom. The quantitative estimate of drug-likeness (QED) is 0.479. The summed E-state index contributed by atoms with van der Waals surface area (Å²) in [7, 11) is 0. The van der Waals surface area contributed by atoms with E-state index in [0.717, 1.165) is 52.1 Å². The van der Waals surface area contributed by atoms with Crippen LogP contribution in [0, 0.1) is 0 Å². The van der Waals surface area contributed by atoms with Crippen LogP contribution in [0.2, 0.25) is 0 Å². The lowest BCUT2D eigenvalue weighted by Gasteiger charge is -2.28. The van der Waals surface area contributed by atoms with Gasteiger partial charge in [-0.2, -0.15) is 5.10 Å². The third-order valence-electron chi connectivity index (χ3n) is 5.70. The SMILES string of the molecule is c1cncc(-c2cc3c(-c4nc5nccc(N6CCCCC6)c5[nH]4)n[nH]c3cn2)c1. The molecule has 1 fully saturated rings. The second kappa shape index (κ2) is 6.91. The summed E-state index contributed by atoms with van der Waals surface area (Å²) in [5, 5.41) is 8.55. The Bertz CT molecular complexity index is 1330. The van der Waals surface area contributed by atoms with Crippen LogP contribution in [0.25, 0.3) is 44.8 Å². The van der Waals surface area contributed by atoms with Crippen molar-refractivity contribution in [3.63, 3.8) is 0 Å². The van der Waals surface area contributed by atoms with Crippen molar-refractivity contribution in [3.8, 4) is 22.8 Å². The lowest BCUT2D eigenvalue weighted by molar-refractivity contribution is 0.578. The number of H-pyrrole nitrogens is 2. The van der Waals surface area contributed by atoms with Gasteiger partial charge in [-0.05, 0) is 43.5 Å². The van der Waals surface area contributed by atoms with Crippen molar-refractivity contribution < 1.29 is 0 Å². The molecule has 5 aromatic heterocycles. The van der Waals surface area contributed by atoms with E-state index in [1.165, 1.54) is 19.3 Å². The zero-order valence-corrected chi connectivity index (χ0v) is 16.3. The molecule has 1 aliphatic heterocycles. The second-order valence-electron chi connectivity index (χ2n) is 7.59. The molecule has 0 saturated carbocycles. The van der Waals surface area contributed by atoms with Crippen LogP contribution >= 0.6 is 0 Å². The molecular formula is C22H20N8. The zero-order chi connectivity index (χ0) is 19.9. The minimum atomic E-state index is 0.705. The predicted octanol–water partition coefficient (Wildman–Crippen LogP) is 3.95. The Labute approximate surface area is 172 Å². The van der Waals surface area contributed by atoms with Gasteiger partial charge in [-0.1, -0.05) is 0 Å². The molecule has 6 heterocycles. The van der Waals surface area contributed by atoms with Gasteiger partial charge in [0.05, 0.1) is 23.1 Å². The van der Waals surface area contributed by atoms with Crippen molar-refractivity contribution in [1.82, 2.24) is 35.1 Å². The molecule has 8 heteroatoms. The highest BCUT2D eigenvalue weighted by molar-refractivity contribution is 5.95. The molecule has 0 spiro atoms. The number of imidazole rings is 1. The van der Waals surface area contributed by atoms with Gasteiger partial charge in [0.15, 0.2) is 11.5 Å². The molecule has 1 saturated heterocycles. The number of nitrogens with one attached hydrogen (secondary N) is 2. The Hall–Kier alpha value is -3.81. The van der Waals surface area contributed by atoms with E-state index in [1.807, 2.05) is 30.6 Å². The molecule has 0 aromatic carbocycles. The first kappa shape index (κ1) is 17.1. The second-order valence-corrected chi connectivity index (χ2v) is 7.59. The first-order valence-electron chi connectivity index (χ1n) is 10.2. The standard InChI is InChI=1S/C22H20N8/c1-2-9-30(10-3-1)18-6-8-24-21-20(18)26-22(27-21)19-15-11-16(14-5-4-7-23-12-14)25-13-17(15)28-29-19/h4-8,11-13H,1-3,9-10H2,(H,28,29)(H,24,26,27). The number of fused-ring (bicyclic) bond motifs is 2. The van der Waals surface area contributed by atoms with Gasteiger partial charge >= 0.3 is 0 Å². The number of piperidine rings is 1. The minimum absolute atomic E-state index is 0.705. The number of hydrogen-bond donors (Lipinski definition) is 2. The highest BCUT2D eigenvalue weighted by Crippen LogP contribution is 2.31. The number of hydrogen-bond acceptors (Lipinski definition) is 6. The number of aromatic nitrogens is 7. The van der Waals surface area contributed by atoms with Crippen LogP contribution < -0.4 is 4.90 Å². The summed E-state index contributed by atoms with van der Waals surface area (Å²) in [6, 6.07) is 8.00. The third-order valence-corrected chi connectivity index (χ3v) is 5.70. The minimum Gasteiger partial charge on any atom is -0.370 e. The number of nitrogens with zero attached hydrogens (tertiary/aromatic N) is 6. The van der Waals surface area contributed by atoms with E-state index in [0.29, 0.717) is 11.5 Å². The normalized spacial score (nSPS) is 14.6. The molecule has 8 nitrogen and oxygen atoms in total. The molecule has 0 unspecified atom stereocenters. The number of rotatable bonds is 3. The fourth-order valence-corrected chi connectivity index (χ4v) is 4.18. The van der Waals surface area contributed by atoms with Crippen LogP contribution in [0.15, 0.2) is 49.1 Å². The summed E-state index contributed by atoms with van der Waals surface area (Å²) in [5.41, 5.74) is 6.28. The summed E-state index contributed by atoms with van der Waals surface area (Å²) >= 11 is 0. The molecule has 6 rings (SSSR count). The summed E-state index contributed by atoms with van der Waals surface area (Å²) < 4.78 is 0. The molecule has 0 aliphatic carbocycles. The average Bonchev–Trinajstić information content (AvgIpc) is 3.43. The van der Waals surface area contributed by atoms with Gasteiger partial charge in [-0.3, -0.25) is 15.1 Å². The molecule has 148 valence electrons. The number of aromatic amines is 2. The Balaban J connectivity index is 1.47. The van der Waals surface area contributed by atoms with Gasteiger partial charge in [-0.15, -0.1) is 0 Å². The Morgan fingerprint density at radius 2 is 1.90 bits per heavy atom. The van der Waals surface area contributed by atoms with E-state index in [1.54, 1.807) is 12.4 Å². The van der Waals surface area contributed by atoms with Crippen LogP contribution in [0.1, 0.15) is 19.3 Å². The molecule has 30 heavy (non-hydrogen) atoms. The first-order chi connectivity index (χ1) is 14.9. The van der Waals surface area contributed by atoms with Crippen LogP contribution in [-0.4, -0.2) is 48.2 Å². The van der Waals surface area contributed by atoms with Gasteiger partial charge in [-0.25, -0.2) is 9.97 Å². The van der Waals surface area contributed by atoms with Crippen LogP contribution in [0.5, 0.6) is 0 Å². The maximum atomic E-state index is 4.75. The predicted molar refractivity (Wildman–Crippen MR) is 116 cm³/mol. The van der Waals surface area contributed by atoms with Crippen LogP contribution in [-0.2, 0) is 0 Å². The summed E-state index contributed by atoms with van der Waals surface area (Å²) in [5.74, 6) is 0.705. The van der Waals surface area contributed by atoms with Crippen molar-refractivity contribution >= 4 is 27.8 Å². The lowest BCUT2D eigenvalue weighted by Crippen LogP contribution is -2.29. The average molecular weight is 396 g/mol. The van der Waals surface area contributed by atoms with Gasteiger partial charge in [0.25, 0.3) is 0 Å². The molecule has 0 atom stereocenters. The summed E-state index contributed by atoms with van der Waals surface area (Å²) in [6.45, 7) is 2.14. The Kier molecular flexibility index (Phi) is 3.93. The molecule has 0 bridgehead atoms. The summed E-state index contributed by atoms with van der Waals surface area (Å²) in [6.07, 6.45) is 10.9. The molecule has 5 aromatic rings. The van der Waals surface area contributed by atoms with Gasteiger partial charge in [0, 0.05) is 42.6 Å². The molecule has 2 N–H and O–H groups in total.